The van der Waals surface area contributed by atoms with Crippen LogP contribution in [0.1, 0.15) is 6.42 Å². The molecule has 5 N–H and O–H groups in total. The van der Waals surface area contributed by atoms with E-state index in [1.165, 1.54) is 6.20 Å². The minimum atomic E-state index is -0.390. The second kappa shape index (κ2) is 8.41. The molecule has 0 fully saturated rings. The zero-order chi connectivity index (χ0) is 19.9. The third kappa shape index (κ3) is 3.94. The van der Waals surface area contributed by atoms with Gasteiger partial charge in [-0.2, -0.15) is 10.4 Å². The third-order valence-corrected chi connectivity index (χ3v) is 3.76. The van der Waals surface area contributed by atoms with Crippen molar-refractivity contribution >= 4 is 34.7 Å². The smallest absolute Gasteiger partial charge is 0.238 e. The van der Waals surface area contributed by atoms with E-state index >= 15 is 0 Å². The number of hydrogen-bond donors (Lipinski definition) is 4. The van der Waals surface area contributed by atoms with Gasteiger partial charge in [-0.05, 0) is 18.2 Å². The fourth-order valence-corrected chi connectivity index (χ4v) is 2.58. The lowest BCUT2D eigenvalue weighted by molar-refractivity contribution is -0.115. The lowest BCUT2D eigenvalue weighted by Crippen LogP contribution is -2.10. The van der Waals surface area contributed by atoms with Gasteiger partial charge in [0, 0.05) is 36.6 Å². The van der Waals surface area contributed by atoms with Gasteiger partial charge in [0.05, 0.1) is 34.9 Å². The summed E-state index contributed by atoms with van der Waals surface area (Å²) >= 11 is 0. The Bertz CT molecular complexity index is 1110. The van der Waals surface area contributed by atoms with Gasteiger partial charge in [-0.25, -0.2) is 9.97 Å². The number of nitrogens with two attached hydrogens (primary N) is 1. The van der Waals surface area contributed by atoms with E-state index in [-0.39, 0.29) is 6.42 Å². The van der Waals surface area contributed by atoms with Crippen LogP contribution in [0.3, 0.4) is 0 Å². The van der Waals surface area contributed by atoms with Gasteiger partial charge in [-0.15, -0.1) is 0 Å². The number of rotatable bonds is 6. The minimum Gasteiger partial charge on any atom is -0.403 e. The third-order valence-electron chi connectivity index (χ3n) is 3.76. The van der Waals surface area contributed by atoms with Crippen molar-refractivity contribution in [3.8, 4) is 17.3 Å². The number of aromatic amines is 1. The molecule has 1 aromatic carbocycles. The molecule has 1 amide bonds. The predicted octanol–water partition coefficient (Wildman–Crippen LogP) is 1.78. The Labute approximate surface area is 160 Å². The van der Waals surface area contributed by atoms with E-state index in [9.17, 15) is 4.79 Å². The van der Waals surface area contributed by atoms with E-state index in [1.54, 1.807) is 37.8 Å². The topological polar surface area (TPSA) is 158 Å². The van der Waals surface area contributed by atoms with Crippen molar-refractivity contribution in [1.29, 1.82) is 5.26 Å². The monoisotopic (exact) mass is 375 g/mol. The van der Waals surface area contributed by atoms with Crippen LogP contribution in [0, 0.1) is 11.3 Å². The maximum Gasteiger partial charge on any atom is 0.238 e. The number of benzene rings is 1. The molecular weight excluding hydrogens is 358 g/mol. The molecule has 140 valence electrons. The molecule has 0 saturated carbocycles. The summed E-state index contributed by atoms with van der Waals surface area (Å²) in [6.45, 7) is 0. The maximum atomic E-state index is 11.7. The molecule has 3 rings (SSSR count). The van der Waals surface area contributed by atoms with E-state index in [2.05, 4.69) is 35.8 Å². The average molecular weight is 375 g/mol. The standard InChI is InChI=1S/C18H17N9O/c1-21-9-11(8-20)24-18-22-7-5-14(26-18)12-2-3-15(25-16(28)4-6-19)17-13(12)10-23-27-17/h2-3,5,7-10H,4,20H2,1H3,(H,23,27)(H,25,28)(H,22,24,26). The molecule has 0 aliphatic heterocycles. The largest absolute Gasteiger partial charge is 0.403 e. The first-order chi connectivity index (χ1) is 13.7. The number of aliphatic imine (C=N–C) groups is 1. The first-order valence-corrected chi connectivity index (χ1v) is 8.23. The summed E-state index contributed by atoms with van der Waals surface area (Å²) in [5.74, 6) is -0.0319. The minimum absolute atomic E-state index is 0.226. The van der Waals surface area contributed by atoms with Gasteiger partial charge in [-0.1, -0.05) is 0 Å². The summed E-state index contributed by atoms with van der Waals surface area (Å²) in [6, 6.07) is 7.13. The lowest BCUT2D eigenvalue weighted by Gasteiger charge is -2.09. The number of H-pyrrole nitrogens is 1. The molecule has 0 aliphatic carbocycles. The molecule has 0 saturated heterocycles. The second-order valence-electron chi connectivity index (χ2n) is 5.60. The van der Waals surface area contributed by atoms with E-state index in [1.807, 2.05) is 12.1 Å². The molecule has 0 radical (unpaired) electrons. The molecule has 0 spiro atoms. The Morgan fingerprint density at radius 2 is 2.25 bits per heavy atom. The fourth-order valence-electron chi connectivity index (χ4n) is 2.58. The summed E-state index contributed by atoms with van der Waals surface area (Å²) in [5, 5.41) is 22.0. The Morgan fingerprint density at radius 3 is 3.00 bits per heavy atom. The highest BCUT2D eigenvalue weighted by atomic mass is 16.1. The summed E-state index contributed by atoms with van der Waals surface area (Å²) in [5.41, 5.74) is 8.75. The molecule has 0 bridgehead atoms. The zero-order valence-electron chi connectivity index (χ0n) is 15.0. The van der Waals surface area contributed by atoms with Crippen molar-refractivity contribution in [3.63, 3.8) is 0 Å². The fraction of sp³-hybridized carbons (Fsp3) is 0.111. The number of carbonyl (C=O) groups excluding carboxylic acids is 1. The van der Waals surface area contributed by atoms with E-state index in [0.29, 0.717) is 28.5 Å². The molecule has 28 heavy (non-hydrogen) atoms. The first kappa shape index (κ1) is 18.5. The molecule has 2 heterocycles. The number of anilines is 2. The van der Waals surface area contributed by atoms with Gasteiger partial charge in [0.2, 0.25) is 11.9 Å². The number of allylic oxidation sites excluding steroid dienone is 1. The van der Waals surface area contributed by atoms with Crippen LogP contribution < -0.4 is 16.4 Å². The van der Waals surface area contributed by atoms with Gasteiger partial charge >= 0.3 is 0 Å². The number of hydrogen-bond acceptors (Lipinski definition) is 8. The van der Waals surface area contributed by atoms with Gasteiger partial charge < -0.3 is 16.4 Å². The van der Waals surface area contributed by atoms with Crippen molar-refractivity contribution in [2.24, 2.45) is 10.7 Å². The SMILES string of the molecule is CN=CC(=CN)Nc1nccc(-c2ccc(NC(=O)CC#N)c3[nH]ncc23)n1. The number of carbonyl (C=O) groups is 1. The molecule has 0 atom stereocenters. The number of aromatic nitrogens is 4. The summed E-state index contributed by atoms with van der Waals surface area (Å²) in [6.07, 6.45) is 5.97. The van der Waals surface area contributed by atoms with Crippen LogP contribution in [0.2, 0.25) is 0 Å². The first-order valence-electron chi connectivity index (χ1n) is 8.23. The highest BCUT2D eigenvalue weighted by Gasteiger charge is 2.13. The summed E-state index contributed by atoms with van der Waals surface area (Å²) < 4.78 is 0. The number of amides is 1. The maximum absolute atomic E-state index is 11.7. The zero-order valence-corrected chi connectivity index (χ0v) is 15.0. The van der Waals surface area contributed by atoms with Crippen LogP contribution in [0.25, 0.3) is 22.2 Å². The molecule has 3 aromatic rings. The molecule has 2 aromatic heterocycles. The quantitative estimate of drug-likeness (QED) is 0.478. The number of nitrogens with one attached hydrogen (secondary N) is 3. The number of nitriles is 1. The molecule has 10 nitrogen and oxygen atoms in total. The summed E-state index contributed by atoms with van der Waals surface area (Å²) in [4.78, 5) is 24.3. The molecule has 0 unspecified atom stereocenters. The molecule has 10 heteroatoms. The van der Waals surface area contributed by atoms with Crippen molar-refractivity contribution in [2.45, 2.75) is 6.42 Å². The van der Waals surface area contributed by atoms with Crippen LogP contribution in [0.15, 0.2) is 47.5 Å². The Morgan fingerprint density at radius 1 is 1.39 bits per heavy atom. The van der Waals surface area contributed by atoms with E-state index in [0.717, 1.165) is 10.9 Å². The number of fused-ring (bicyclic) bond motifs is 1. The summed E-state index contributed by atoms with van der Waals surface area (Å²) in [7, 11) is 1.63. The van der Waals surface area contributed by atoms with Gasteiger partial charge in [-0.3, -0.25) is 14.9 Å². The van der Waals surface area contributed by atoms with Crippen LogP contribution >= 0.6 is 0 Å². The van der Waals surface area contributed by atoms with E-state index in [4.69, 9.17) is 11.0 Å². The van der Waals surface area contributed by atoms with Gasteiger partial charge in [0.1, 0.15) is 6.42 Å². The molecule has 0 aliphatic rings. The Hall–Kier alpha value is -4.26. The van der Waals surface area contributed by atoms with Crippen molar-refractivity contribution in [3.05, 3.63) is 42.5 Å². The van der Waals surface area contributed by atoms with Crippen LogP contribution in [-0.4, -0.2) is 39.3 Å². The van der Waals surface area contributed by atoms with Crippen LogP contribution in [-0.2, 0) is 4.79 Å². The van der Waals surface area contributed by atoms with Gasteiger partial charge in [0.25, 0.3) is 0 Å². The normalized spacial score (nSPS) is 11.5. The number of nitrogens with zero attached hydrogens (tertiary/aromatic N) is 5. The second-order valence-corrected chi connectivity index (χ2v) is 5.60. The van der Waals surface area contributed by atoms with Crippen molar-refractivity contribution in [2.75, 3.05) is 17.7 Å². The Balaban J connectivity index is 1.97. The van der Waals surface area contributed by atoms with Gasteiger partial charge in [0.15, 0.2) is 0 Å². The van der Waals surface area contributed by atoms with Crippen molar-refractivity contribution in [1.82, 2.24) is 20.2 Å². The van der Waals surface area contributed by atoms with Crippen molar-refractivity contribution < 1.29 is 4.79 Å². The Kier molecular flexibility index (Phi) is 5.57. The predicted molar refractivity (Wildman–Crippen MR) is 106 cm³/mol. The molecular formula is C18H17N9O. The lowest BCUT2D eigenvalue weighted by atomic mass is 10.1. The van der Waals surface area contributed by atoms with E-state index < -0.39 is 5.91 Å². The van der Waals surface area contributed by atoms with Crippen LogP contribution in [0.4, 0.5) is 11.6 Å². The highest BCUT2D eigenvalue weighted by Crippen LogP contribution is 2.31. The van der Waals surface area contributed by atoms with Crippen LogP contribution in [0.5, 0.6) is 0 Å². The highest BCUT2D eigenvalue weighted by molar-refractivity contribution is 6.05. The average Bonchev–Trinajstić information content (AvgIpc) is 3.18.